The molecule has 0 radical (unpaired) electrons. The maximum absolute atomic E-state index is 12.1. The molecular formula is C18H16Cl2N2O. The standard InChI is InChI=1S/C18H16Cl2N2O/c1-3-17(23)22-9-12-7-15(19)16(20)8-13(12)14(10-22)18-11(2)5-4-6-21-18/h3-8,14H,1,9-10H2,2H3/t14-/m1/s1. The summed E-state index contributed by atoms with van der Waals surface area (Å²) in [4.78, 5) is 18.4. The van der Waals surface area contributed by atoms with E-state index in [1.807, 2.05) is 31.2 Å². The van der Waals surface area contributed by atoms with E-state index in [2.05, 4.69) is 11.6 Å². The Hall–Kier alpha value is -1.84. The molecule has 0 aliphatic carbocycles. The van der Waals surface area contributed by atoms with Crippen molar-refractivity contribution in [1.29, 1.82) is 0 Å². The SMILES string of the molecule is C=CC(=O)N1Cc2cc(Cl)c(Cl)cc2[C@H](c2ncccc2C)C1. The van der Waals surface area contributed by atoms with Gasteiger partial charge in [0.15, 0.2) is 0 Å². The zero-order chi connectivity index (χ0) is 16.6. The van der Waals surface area contributed by atoms with Crippen LogP contribution in [0.3, 0.4) is 0 Å². The molecule has 0 bridgehead atoms. The number of aromatic nitrogens is 1. The zero-order valence-electron chi connectivity index (χ0n) is 12.7. The molecule has 1 aromatic heterocycles. The predicted octanol–water partition coefficient (Wildman–Crippen LogP) is 4.36. The number of rotatable bonds is 2. The van der Waals surface area contributed by atoms with E-state index < -0.39 is 0 Å². The Morgan fingerprint density at radius 1 is 1.39 bits per heavy atom. The Morgan fingerprint density at radius 2 is 2.13 bits per heavy atom. The highest BCUT2D eigenvalue weighted by Gasteiger charge is 2.30. The molecule has 2 heterocycles. The molecule has 0 spiro atoms. The van der Waals surface area contributed by atoms with Crippen molar-refractivity contribution >= 4 is 29.1 Å². The Morgan fingerprint density at radius 3 is 2.83 bits per heavy atom. The number of carbonyl (C=O) groups excluding carboxylic acids is 1. The van der Waals surface area contributed by atoms with E-state index >= 15 is 0 Å². The second kappa shape index (κ2) is 6.34. The predicted molar refractivity (Wildman–Crippen MR) is 92.9 cm³/mol. The quantitative estimate of drug-likeness (QED) is 0.757. The summed E-state index contributed by atoms with van der Waals surface area (Å²) in [6, 6.07) is 7.67. The summed E-state index contributed by atoms with van der Waals surface area (Å²) in [5, 5.41) is 1.02. The first-order valence-electron chi connectivity index (χ1n) is 7.32. The Balaban J connectivity index is 2.15. The first-order chi connectivity index (χ1) is 11.0. The van der Waals surface area contributed by atoms with E-state index in [1.54, 1.807) is 11.1 Å². The number of carbonyl (C=O) groups is 1. The summed E-state index contributed by atoms with van der Waals surface area (Å²) in [6.45, 7) is 6.66. The molecule has 3 rings (SSSR count). The van der Waals surface area contributed by atoms with Crippen LogP contribution in [0.15, 0.2) is 43.1 Å². The highest BCUT2D eigenvalue weighted by molar-refractivity contribution is 6.42. The Kier molecular flexibility index (Phi) is 4.42. The summed E-state index contributed by atoms with van der Waals surface area (Å²) < 4.78 is 0. The van der Waals surface area contributed by atoms with E-state index in [-0.39, 0.29) is 11.8 Å². The van der Waals surface area contributed by atoms with Gasteiger partial charge >= 0.3 is 0 Å². The number of halogens is 2. The van der Waals surface area contributed by atoms with Crippen LogP contribution in [0.1, 0.15) is 28.3 Å². The smallest absolute Gasteiger partial charge is 0.246 e. The maximum Gasteiger partial charge on any atom is 0.246 e. The minimum Gasteiger partial charge on any atom is -0.334 e. The first kappa shape index (κ1) is 16.0. The number of nitrogens with zero attached hydrogens (tertiary/aromatic N) is 2. The van der Waals surface area contributed by atoms with Crippen molar-refractivity contribution in [2.24, 2.45) is 0 Å². The maximum atomic E-state index is 12.1. The molecule has 1 amide bonds. The van der Waals surface area contributed by atoms with Gasteiger partial charge in [-0.1, -0.05) is 35.8 Å². The van der Waals surface area contributed by atoms with E-state index in [1.165, 1.54) is 6.08 Å². The van der Waals surface area contributed by atoms with Crippen LogP contribution >= 0.6 is 23.2 Å². The topological polar surface area (TPSA) is 33.2 Å². The van der Waals surface area contributed by atoms with Gasteiger partial charge in [-0.3, -0.25) is 9.78 Å². The molecule has 2 aromatic rings. The number of pyridine rings is 1. The number of benzene rings is 1. The van der Waals surface area contributed by atoms with Crippen molar-refractivity contribution < 1.29 is 4.79 Å². The van der Waals surface area contributed by atoms with Crippen molar-refractivity contribution in [2.45, 2.75) is 19.4 Å². The highest BCUT2D eigenvalue weighted by Crippen LogP contribution is 2.38. The second-order valence-electron chi connectivity index (χ2n) is 5.65. The van der Waals surface area contributed by atoms with Gasteiger partial charge in [0, 0.05) is 25.2 Å². The van der Waals surface area contributed by atoms with Crippen LogP contribution < -0.4 is 0 Å². The summed E-state index contributed by atoms with van der Waals surface area (Å²) in [7, 11) is 0. The fourth-order valence-electron chi connectivity index (χ4n) is 3.05. The minimum atomic E-state index is -0.0969. The van der Waals surface area contributed by atoms with Crippen LogP contribution in [0.4, 0.5) is 0 Å². The van der Waals surface area contributed by atoms with Gasteiger partial charge in [-0.25, -0.2) is 0 Å². The average molecular weight is 347 g/mol. The van der Waals surface area contributed by atoms with Crippen molar-refractivity contribution in [2.75, 3.05) is 6.54 Å². The lowest BCUT2D eigenvalue weighted by Crippen LogP contribution is -2.38. The molecule has 23 heavy (non-hydrogen) atoms. The molecule has 1 aliphatic heterocycles. The summed E-state index contributed by atoms with van der Waals surface area (Å²) in [6.07, 6.45) is 3.11. The molecule has 0 fully saturated rings. The molecule has 1 aliphatic rings. The van der Waals surface area contributed by atoms with Crippen molar-refractivity contribution in [1.82, 2.24) is 9.88 Å². The van der Waals surface area contributed by atoms with Crippen molar-refractivity contribution in [3.8, 4) is 0 Å². The van der Waals surface area contributed by atoms with Gasteiger partial charge in [-0.15, -0.1) is 0 Å². The van der Waals surface area contributed by atoms with E-state index in [9.17, 15) is 4.79 Å². The van der Waals surface area contributed by atoms with Gasteiger partial charge in [-0.2, -0.15) is 0 Å². The minimum absolute atomic E-state index is 0.0291. The molecule has 0 saturated carbocycles. The molecule has 3 nitrogen and oxygen atoms in total. The third kappa shape index (κ3) is 2.99. The summed E-state index contributed by atoms with van der Waals surface area (Å²) in [5.41, 5.74) is 4.11. The van der Waals surface area contributed by atoms with Gasteiger partial charge in [-0.05, 0) is 47.9 Å². The average Bonchev–Trinajstić information content (AvgIpc) is 2.55. The van der Waals surface area contributed by atoms with Crippen molar-refractivity contribution in [3.63, 3.8) is 0 Å². The van der Waals surface area contributed by atoms with Crippen LogP contribution in [0.25, 0.3) is 0 Å². The zero-order valence-corrected chi connectivity index (χ0v) is 14.2. The molecule has 0 N–H and O–H groups in total. The third-order valence-corrected chi connectivity index (χ3v) is 4.91. The van der Waals surface area contributed by atoms with E-state index in [0.717, 1.165) is 22.4 Å². The monoisotopic (exact) mass is 346 g/mol. The molecule has 0 saturated heterocycles. The van der Waals surface area contributed by atoms with Gasteiger partial charge in [0.1, 0.15) is 0 Å². The molecule has 5 heteroatoms. The van der Waals surface area contributed by atoms with E-state index in [0.29, 0.717) is 23.1 Å². The fraction of sp³-hybridized carbons (Fsp3) is 0.222. The molecule has 1 aromatic carbocycles. The van der Waals surface area contributed by atoms with Crippen LogP contribution in [-0.2, 0) is 11.3 Å². The van der Waals surface area contributed by atoms with Gasteiger partial charge in [0.05, 0.1) is 15.7 Å². The molecular weight excluding hydrogens is 331 g/mol. The van der Waals surface area contributed by atoms with E-state index in [4.69, 9.17) is 23.2 Å². The Bertz CT molecular complexity index is 789. The number of fused-ring (bicyclic) bond motifs is 1. The van der Waals surface area contributed by atoms with Crippen LogP contribution in [-0.4, -0.2) is 22.3 Å². The lowest BCUT2D eigenvalue weighted by atomic mass is 9.85. The molecule has 118 valence electrons. The summed E-state index contributed by atoms with van der Waals surface area (Å²) in [5.74, 6) is -0.126. The molecule has 0 unspecified atom stereocenters. The largest absolute Gasteiger partial charge is 0.334 e. The summed E-state index contributed by atoms with van der Waals surface area (Å²) >= 11 is 12.4. The van der Waals surface area contributed by atoms with Crippen LogP contribution in [0.2, 0.25) is 10.0 Å². The third-order valence-electron chi connectivity index (χ3n) is 4.19. The first-order valence-corrected chi connectivity index (χ1v) is 8.07. The highest BCUT2D eigenvalue weighted by atomic mass is 35.5. The van der Waals surface area contributed by atoms with Gasteiger partial charge in [0.2, 0.25) is 5.91 Å². The number of hydrogen-bond acceptors (Lipinski definition) is 2. The Labute approximate surface area is 145 Å². The van der Waals surface area contributed by atoms with Crippen LogP contribution in [0, 0.1) is 6.92 Å². The number of amides is 1. The molecule has 1 atom stereocenters. The lowest BCUT2D eigenvalue weighted by molar-refractivity contribution is -0.127. The van der Waals surface area contributed by atoms with Gasteiger partial charge in [0.25, 0.3) is 0 Å². The normalized spacial score (nSPS) is 16.8. The number of hydrogen-bond donors (Lipinski definition) is 0. The second-order valence-corrected chi connectivity index (χ2v) is 6.46. The van der Waals surface area contributed by atoms with Gasteiger partial charge < -0.3 is 4.90 Å². The van der Waals surface area contributed by atoms with Crippen molar-refractivity contribution in [3.05, 3.63) is 75.5 Å². The fourth-order valence-corrected chi connectivity index (χ4v) is 3.41. The number of aryl methyl sites for hydroxylation is 1. The van der Waals surface area contributed by atoms with Crippen LogP contribution in [0.5, 0.6) is 0 Å². The lowest BCUT2D eigenvalue weighted by Gasteiger charge is -2.34.